The summed E-state index contributed by atoms with van der Waals surface area (Å²) in [7, 11) is 0. The van der Waals surface area contributed by atoms with Crippen LogP contribution in [0.4, 0.5) is 10.2 Å². The molecule has 0 aromatic carbocycles. The lowest BCUT2D eigenvalue weighted by molar-refractivity contribution is -0.119. The first-order chi connectivity index (χ1) is 18.3. The van der Waals surface area contributed by atoms with E-state index in [2.05, 4.69) is 25.7 Å². The molecule has 2 N–H and O–H groups in total. The van der Waals surface area contributed by atoms with Crippen LogP contribution in [0.5, 0.6) is 0 Å². The van der Waals surface area contributed by atoms with Gasteiger partial charge in [0.05, 0.1) is 0 Å². The van der Waals surface area contributed by atoms with Crippen LogP contribution in [0.1, 0.15) is 61.8 Å². The van der Waals surface area contributed by atoms with E-state index in [0.29, 0.717) is 34.4 Å². The standard InChI is InChI=1S/C28H33FN6O2S/c1-15(2)35-22(11-12-31-35)27(36)34-25(24(17-5-6-17)18-7-8-18)28(37)33-23-10-9-20(26(29)32-23)21-13-19(38-4)14-30-16(21)3/h9-15,17-18,24-25H,5-8H2,1-4H3,(H,34,36)(H,32,33,37)/t25-/m0/s1. The number of thioether (sulfide) groups is 1. The van der Waals surface area contributed by atoms with Gasteiger partial charge in [0, 0.05) is 40.2 Å². The zero-order valence-corrected chi connectivity index (χ0v) is 22.9. The van der Waals surface area contributed by atoms with Gasteiger partial charge in [-0.3, -0.25) is 19.3 Å². The summed E-state index contributed by atoms with van der Waals surface area (Å²) in [4.78, 5) is 36.3. The number of pyridine rings is 2. The molecule has 0 aliphatic heterocycles. The number of hydrogen-bond donors (Lipinski definition) is 2. The van der Waals surface area contributed by atoms with E-state index in [0.717, 1.165) is 30.6 Å². The Hall–Kier alpha value is -3.27. The van der Waals surface area contributed by atoms with E-state index in [1.54, 1.807) is 35.3 Å². The quantitative estimate of drug-likeness (QED) is 0.271. The number of carbonyl (C=O) groups is 2. The minimum Gasteiger partial charge on any atom is -0.339 e. The van der Waals surface area contributed by atoms with Crippen LogP contribution in [0.2, 0.25) is 0 Å². The first kappa shape index (κ1) is 26.3. The van der Waals surface area contributed by atoms with Gasteiger partial charge in [-0.1, -0.05) is 0 Å². The second-order valence-corrected chi connectivity index (χ2v) is 11.4. The summed E-state index contributed by atoms with van der Waals surface area (Å²) in [6.07, 6.45) is 9.48. The van der Waals surface area contributed by atoms with Gasteiger partial charge < -0.3 is 10.6 Å². The molecule has 2 fully saturated rings. The van der Waals surface area contributed by atoms with Crippen LogP contribution in [0, 0.1) is 30.6 Å². The minimum absolute atomic E-state index is 0.00169. The van der Waals surface area contributed by atoms with E-state index in [-0.39, 0.29) is 29.6 Å². The molecule has 0 radical (unpaired) electrons. The molecule has 1 atom stereocenters. The van der Waals surface area contributed by atoms with Crippen molar-refractivity contribution in [3.05, 3.63) is 54.0 Å². The average Bonchev–Trinajstić information content (AvgIpc) is 3.83. The third-order valence-electron chi connectivity index (χ3n) is 7.37. The molecule has 2 saturated carbocycles. The molecule has 38 heavy (non-hydrogen) atoms. The van der Waals surface area contributed by atoms with Crippen molar-refractivity contribution in [2.24, 2.45) is 17.8 Å². The van der Waals surface area contributed by atoms with Gasteiger partial charge in [0.15, 0.2) is 0 Å². The van der Waals surface area contributed by atoms with Crippen molar-refractivity contribution < 1.29 is 14.0 Å². The Morgan fingerprint density at radius 2 is 1.82 bits per heavy atom. The van der Waals surface area contributed by atoms with E-state index < -0.39 is 12.0 Å². The number of nitrogens with one attached hydrogen (secondary N) is 2. The summed E-state index contributed by atoms with van der Waals surface area (Å²) in [6, 6.07) is 6.01. The second kappa shape index (κ2) is 10.8. The fourth-order valence-electron chi connectivity index (χ4n) is 5.16. The highest BCUT2D eigenvalue weighted by molar-refractivity contribution is 7.98. The minimum atomic E-state index is -0.743. The molecule has 0 saturated heterocycles. The molecule has 2 aliphatic carbocycles. The van der Waals surface area contributed by atoms with Crippen LogP contribution < -0.4 is 10.6 Å². The molecule has 2 amide bonds. The van der Waals surface area contributed by atoms with E-state index in [1.165, 1.54) is 11.8 Å². The van der Waals surface area contributed by atoms with E-state index in [9.17, 15) is 9.59 Å². The summed E-state index contributed by atoms with van der Waals surface area (Å²) >= 11 is 1.53. The lowest BCUT2D eigenvalue weighted by Gasteiger charge is -2.27. The fraction of sp³-hybridized carbons (Fsp3) is 0.464. The Morgan fingerprint density at radius 3 is 2.42 bits per heavy atom. The van der Waals surface area contributed by atoms with Crippen LogP contribution in [-0.2, 0) is 4.79 Å². The zero-order valence-electron chi connectivity index (χ0n) is 22.1. The van der Waals surface area contributed by atoms with Gasteiger partial charge in [-0.15, -0.1) is 11.8 Å². The van der Waals surface area contributed by atoms with E-state index >= 15 is 4.39 Å². The third-order valence-corrected chi connectivity index (χ3v) is 8.06. The number of aromatic nitrogens is 4. The number of rotatable bonds is 10. The van der Waals surface area contributed by atoms with E-state index in [1.807, 2.05) is 33.1 Å². The maximum absolute atomic E-state index is 15.2. The molecule has 8 nitrogen and oxygen atoms in total. The fourth-order valence-corrected chi connectivity index (χ4v) is 5.55. The normalized spacial score (nSPS) is 16.1. The Morgan fingerprint density at radius 1 is 1.11 bits per heavy atom. The highest BCUT2D eigenvalue weighted by Gasteiger charge is 2.48. The van der Waals surface area contributed by atoms with Crippen molar-refractivity contribution in [1.82, 2.24) is 25.1 Å². The largest absolute Gasteiger partial charge is 0.339 e. The second-order valence-electron chi connectivity index (χ2n) is 10.5. The van der Waals surface area contributed by atoms with Crippen molar-refractivity contribution >= 4 is 29.4 Å². The molecule has 0 unspecified atom stereocenters. The Balaban J connectivity index is 1.39. The summed E-state index contributed by atoms with van der Waals surface area (Å²) < 4.78 is 16.8. The van der Waals surface area contributed by atoms with Crippen molar-refractivity contribution in [2.75, 3.05) is 11.6 Å². The van der Waals surface area contributed by atoms with Crippen molar-refractivity contribution in [1.29, 1.82) is 0 Å². The zero-order chi connectivity index (χ0) is 27.0. The van der Waals surface area contributed by atoms with Gasteiger partial charge in [-0.05, 0) is 94.7 Å². The van der Waals surface area contributed by atoms with E-state index in [4.69, 9.17) is 0 Å². The summed E-state index contributed by atoms with van der Waals surface area (Å²) in [6.45, 7) is 5.72. The number of anilines is 1. The van der Waals surface area contributed by atoms with Gasteiger partial charge in [0.1, 0.15) is 17.6 Å². The molecule has 0 bridgehead atoms. The summed E-state index contributed by atoms with van der Waals surface area (Å²) in [5.41, 5.74) is 2.09. The monoisotopic (exact) mass is 536 g/mol. The molecular weight excluding hydrogens is 503 g/mol. The molecule has 0 spiro atoms. The molecule has 5 rings (SSSR count). The van der Waals surface area contributed by atoms with Crippen LogP contribution in [0.3, 0.4) is 0 Å². The topological polar surface area (TPSA) is 102 Å². The number of carbonyl (C=O) groups excluding carboxylic acids is 2. The molecular formula is C28H33FN6O2S. The summed E-state index contributed by atoms with van der Waals surface area (Å²) in [5, 5.41) is 10.0. The molecule has 3 aromatic heterocycles. The number of amides is 2. The molecule has 200 valence electrons. The molecule has 3 heterocycles. The van der Waals surface area contributed by atoms with Crippen molar-refractivity contribution in [3.63, 3.8) is 0 Å². The Labute approximate surface area is 226 Å². The highest BCUT2D eigenvalue weighted by atomic mass is 32.2. The predicted octanol–water partition coefficient (Wildman–Crippen LogP) is 5.26. The lowest BCUT2D eigenvalue weighted by Crippen LogP contribution is -2.50. The van der Waals surface area contributed by atoms with Crippen LogP contribution in [0.15, 0.2) is 41.6 Å². The third kappa shape index (κ3) is 5.60. The van der Waals surface area contributed by atoms with Gasteiger partial charge in [0.25, 0.3) is 5.91 Å². The number of hydrogen-bond acceptors (Lipinski definition) is 6. The van der Waals surface area contributed by atoms with Crippen LogP contribution in [-0.4, -0.2) is 43.9 Å². The van der Waals surface area contributed by atoms with Crippen LogP contribution >= 0.6 is 11.8 Å². The number of aryl methyl sites for hydroxylation is 1. The van der Waals surface area contributed by atoms with Crippen molar-refractivity contribution in [3.8, 4) is 11.1 Å². The predicted molar refractivity (Wildman–Crippen MR) is 145 cm³/mol. The van der Waals surface area contributed by atoms with Gasteiger partial charge in [0.2, 0.25) is 11.9 Å². The summed E-state index contributed by atoms with van der Waals surface area (Å²) in [5.74, 6) is -0.442. The average molecular weight is 537 g/mol. The van der Waals surface area contributed by atoms with Gasteiger partial charge in [-0.25, -0.2) is 4.98 Å². The Kier molecular flexibility index (Phi) is 7.52. The number of halogens is 1. The lowest BCUT2D eigenvalue weighted by atomic mass is 9.88. The molecule has 2 aliphatic rings. The number of nitrogens with zero attached hydrogens (tertiary/aromatic N) is 4. The van der Waals surface area contributed by atoms with Gasteiger partial charge >= 0.3 is 0 Å². The first-order valence-electron chi connectivity index (χ1n) is 13.1. The first-order valence-corrected chi connectivity index (χ1v) is 14.3. The molecule has 3 aromatic rings. The maximum Gasteiger partial charge on any atom is 0.270 e. The van der Waals surface area contributed by atoms with Crippen LogP contribution in [0.25, 0.3) is 11.1 Å². The SMILES string of the molecule is CSc1cnc(C)c(-c2ccc(NC(=O)[C@@H](NC(=O)c3ccnn3C(C)C)C(C3CC3)C3CC3)nc2F)c1. The smallest absolute Gasteiger partial charge is 0.270 e. The highest BCUT2D eigenvalue weighted by Crippen LogP contribution is 2.51. The van der Waals surface area contributed by atoms with Gasteiger partial charge in [-0.2, -0.15) is 9.49 Å². The Bertz CT molecular complexity index is 1340. The maximum atomic E-state index is 15.2. The molecule has 10 heteroatoms. The van der Waals surface area contributed by atoms with Crippen molar-refractivity contribution in [2.45, 2.75) is 63.4 Å².